The smallest absolute Gasteiger partial charge is 0.263 e. The lowest BCUT2D eigenvalue weighted by Crippen LogP contribution is -2.38. The maximum absolute atomic E-state index is 12.4. The van der Waals surface area contributed by atoms with Gasteiger partial charge in [0.15, 0.2) is 0 Å². The summed E-state index contributed by atoms with van der Waals surface area (Å²) in [5.41, 5.74) is 0.961. The minimum absolute atomic E-state index is 0.141. The minimum atomic E-state index is 0.141. The molecule has 1 N–H and O–H groups in total. The maximum Gasteiger partial charge on any atom is 0.263 e. The molecule has 2 aliphatic rings. The van der Waals surface area contributed by atoms with Gasteiger partial charge in [-0.15, -0.1) is 16.4 Å². The van der Waals surface area contributed by atoms with Gasteiger partial charge in [-0.25, -0.2) is 4.68 Å². The van der Waals surface area contributed by atoms with E-state index in [4.69, 9.17) is 0 Å². The molecule has 8 heteroatoms. The number of hydrogen-bond acceptors (Lipinski definition) is 6. The van der Waals surface area contributed by atoms with Crippen LogP contribution < -0.4 is 0 Å². The second kappa shape index (κ2) is 7.85. The van der Waals surface area contributed by atoms with Crippen LogP contribution in [0.2, 0.25) is 0 Å². The number of thiophene rings is 1. The second-order valence-electron chi connectivity index (χ2n) is 7.14. The van der Waals surface area contributed by atoms with E-state index in [1.54, 1.807) is 0 Å². The Kier molecular flexibility index (Phi) is 5.33. The summed E-state index contributed by atoms with van der Waals surface area (Å²) in [7, 11) is 0. The number of carbonyl (C=O) groups excluding carboxylic acids is 1. The summed E-state index contributed by atoms with van der Waals surface area (Å²) in [5, 5.41) is 20.0. The fourth-order valence-electron chi connectivity index (χ4n) is 3.97. The van der Waals surface area contributed by atoms with Crippen molar-refractivity contribution < 1.29 is 9.90 Å². The normalized spacial score (nSPS) is 22.2. The van der Waals surface area contributed by atoms with Gasteiger partial charge in [-0.05, 0) is 43.7 Å². The molecule has 0 radical (unpaired) electrons. The van der Waals surface area contributed by atoms with E-state index in [2.05, 4.69) is 15.2 Å². The number of aliphatic hydroxyl groups is 1. The summed E-state index contributed by atoms with van der Waals surface area (Å²) in [6, 6.07) is 4.37. The molecule has 0 aliphatic carbocycles. The molecule has 0 aromatic carbocycles. The van der Waals surface area contributed by atoms with Crippen LogP contribution in [0.3, 0.4) is 0 Å². The largest absolute Gasteiger partial charge is 0.395 e. The summed E-state index contributed by atoms with van der Waals surface area (Å²) >= 11 is 1.50. The van der Waals surface area contributed by atoms with Crippen molar-refractivity contribution in [1.29, 1.82) is 0 Å². The van der Waals surface area contributed by atoms with Gasteiger partial charge in [-0.2, -0.15) is 0 Å². The van der Waals surface area contributed by atoms with Crippen molar-refractivity contribution in [3.63, 3.8) is 0 Å². The number of rotatable bonds is 5. The van der Waals surface area contributed by atoms with E-state index in [0.717, 1.165) is 62.4 Å². The first-order chi connectivity index (χ1) is 12.7. The van der Waals surface area contributed by atoms with Gasteiger partial charge in [-0.1, -0.05) is 11.3 Å². The van der Waals surface area contributed by atoms with Crippen LogP contribution >= 0.6 is 11.3 Å². The van der Waals surface area contributed by atoms with Gasteiger partial charge in [-0.3, -0.25) is 9.69 Å². The summed E-state index contributed by atoms with van der Waals surface area (Å²) in [4.78, 5) is 17.5. The number of aliphatic hydroxyl groups excluding tert-OH is 1. The zero-order chi connectivity index (χ0) is 17.9. The van der Waals surface area contributed by atoms with Crippen molar-refractivity contribution in [3.05, 3.63) is 34.3 Å². The number of hydrogen-bond donors (Lipinski definition) is 1. The van der Waals surface area contributed by atoms with Crippen LogP contribution in [0.5, 0.6) is 0 Å². The Morgan fingerprint density at radius 1 is 1.27 bits per heavy atom. The van der Waals surface area contributed by atoms with E-state index in [1.165, 1.54) is 11.3 Å². The Bertz CT molecular complexity index is 724. The number of amides is 1. The first kappa shape index (κ1) is 17.6. The van der Waals surface area contributed by atoms with E-state index in [1.807, 2.05) is 33.3 Å². The Morgan fingerprint density at radius 2 is 2.12 bits per heavy atom. The van der Waals surface area contributed by atoms with Crippen molar-refractivity contribution in [2.75, 3.05) is 26.2 Å². The zero-order valence-electron chi connectivity index (χ0n) is 14.8. The van der Waals surface area contributed by atoms with Crippen LogP contribution in [-0.4, -0.2) is 68.1 Å². The predicted octanol–water partition coefficient (Wildman–Crippen LogP) is 1.77. The summed E-state index contributed by atoms with van der Waals surface area (Å²) in [6.45, 7) is 3.50. The highest BCUT2D eigenvalue weighted by molar-refractivity contribution is 7.12. The number of likely N-dealkylation sites (tertiary alicyclic amines) is 2. The van der Waals surface area contributed by atoms with Gasteiger partial charge in [0, 0.05) is 25.7 Å². The topological polar surface area (TPSA) is 74.5 Å². The Morgan fingerprint density at radius 3 is 2.85 bits per heavy atom. The predicted molar refractivity (Wildman–Crippen MR) is 99.0 cm³/mol. The molecule has 140 valence electrons. The maximum atomic E-state index is 12.4. The quantitative estimate of drug-likeness (QED) is 0.862. The molecule has 4 rings (SSSR count). The van der Waals surface area contributed by atoms with Crippen LogP contribution in [0.4, 0.5) is 0 Å². The monoisotopic (exact) mass is 375 g/mol. The highest BCUT2D eigenvalue weighted by Gasteiger charge is 2.27. The Labute approximate surface area is 157 Å². The van der Waals surface area contributed by atoms with E-state index in [9.17, 15) is 9.90 Å². The molecule has 7 nitrogen and oxygen atoms in total. The molecule has 2 aromatic rings. The fraction of sp³-hybridized carbons (Fsp3) is 0.611. The summed E-state index contributed by atoms with van der Waals surface area (Å²) in [6.07, 6.45) is 6.04. The van der Waals surface area contributed by atoms with Crippen LogP contribution in [0.15, 0.2) is 23.7 Å². The lowest BCUT2D eigenvalue weighted by Gasteiger charge is -2.31. The molecule has 2 fully saturated rings. The summed E-state index contributed by atoms with van der Waals surface area (Å²) < 4.78 is 1.96. The number of nitrogens with zero attached hydrogens (tertiary/aromatic N) is 5. The molecular weight excluding hydrogens is 350 g/mol. The van der Waals surface area contributed by atoms with Crippen LogP contribution in [0.1, 0.15) is 47.1 Å². The molecule has 2 aliphatic heterocycles. The average Bonchev–Trinajstić information content (AvgIpc) is 3.43. The van der Waals surface area contributed by atoms with Gasteiger partial charge in [0.25, 0.3) is 5.91 Å². The highest BCUT2D eigenvalue weighted by Crippen LogP contribution is 2.25. The molecule has 2 aromatic heterocycles. The lowest BCUT2D eigenvalue weighted by molar-refractivity contribution is 0.0694. The first-order valence-corrected chi connectivity index (χ1v) is 10.2. The van der Waals surface area contributed by atoms with E-state index >= 15 is 0 Å². The fourth-order valence-corrected chi connectivity index (χ4v) is 4.66. The molecule has 0 saturated carbocycles. The third-order valence-corrected chi connectivity index (χ3v) is 6.35. The Hall–Kier alpha value is -1.77. The minimum Gasteiger partial charge on any atom is -0.395 e. The second-order valence-corrected chi connectivity index (χ2v) is 8.09. The first-order valence-electron chi connectivity index (χ1n) is 9.33. The summed E-state index contributed by atoms with van der Waals surface area (Å²) in [5.74, 6) is 0.141. The van der Waals surface area contributed by atoms with Crippen LogP contribution in [0, 0.1) is 0 Å². The van der Waals surface area contributed by atoms with Crippen LogP contribution in [-0.2, 0) is 6.54 Å². The number of carbonyl (C=O) groups is 1. The van der Waals surface area contributed by atoms with Crippen molar-refractivity contribution in [1.82, 2.24) is 24.8 Å². The molecule has 0 spiro atoms. The lowest BCUT2D eigenvalue weighted by atomic mass is 10.1. The standard InChI is InChI=1S/C18H25N5O2S/c24-13-16-3-1-7-22(16)11-14-12-23(20-19-14)15-5-8-21(9-6-15)18(25)17-4-2-10-26-17/h2,4,10,12,15-16,24H,1,3,5-9,11,13H2/t16-/m1/s1. The zero-order valence-corrected chi connectivity index (χ0v) is 15.6. The molecular formula is C18H25N5O2S. The van der Waals surface area contributed by atoms with Crippen LogP contribution in [0.25, 0.3) is 0 Å². The molecule has 0 unspecified atom stereocenters. The van der Waals surface area contributed by atoms with Gasteiger partial charge >= 0.3 is 0 Å². The molecule has 1 amide bonds. The van der Waals surface area contributed by atoms with Crippen molar-refractivity contribution in [2.45, 2.75) is 44.3 Å². The molecule has 26 heavy (non-hydrogen) atoms. The third kappa shape index (κ3) is 3.67. The number of piperidine rings is 1. The van der Waals surface area contributed by atoms with Gasteiger partial charge in [0.2, 0.25) is 0 Å². The van der Waals surface area contributed by atoms with Crippen molar-refractivity contribution in [2.24, 2.45) is 0 Å². The SMILES string of the molecule is O=C(c1cccs1)N1CCC(n2cc(CN3CCC[C@@H]3CO)nn2)CC1. The molecule has 4 heterocycles. The van der Waals surface area contributed by atoms with E-state index in [-0.39, 0.29) is 18.6 Å². The Balaban J connectivity index is 1.32. The van der Waals surface area contributed by atoms with E-state index < -0.39 is 0 Å². The number of aromatic nitrogens is 3. The van der Waals surface area contributed by atoms with Crippen molar-refractivity contribution >= 4 is 17.2 Å². The van der Waals surface area contributed by atoms with Gasteiger partial charge in [0.05, 0.1) is 29.4 Å². The van der Waals surface area contributed by atoms with E-state index in [0.29, 0.717) is 6.04 Å². The third-order valence-electron chi connectivity index (χ3n) is 5.49. The van der Waals surface area contributed by atoms with Gasteiger partial charge < -0.3 is 10.0 Å². The van der Waals surface area contributed by atoms with Gasteiger partial charge in [0.1, 0.15) is 0 Å². The van der Waals surface area contributed by atoms with Crippen molar-refractivity contribution in [3.8, 4) is 0 Å². The highest BCUT2D eigenvalue weighted by atomic mass is 32.1. The molecule has 2 saturated heterocycles. The molecule has 1 atom stereocenters. The average molecular weight is 375 g/mol. The molecule has 0 bridgehead atoms.